The van der Waals surface area contributed by atoms with Crippen LogP contribution >= 0.6 is 0 Å². The fraction of sp³-hybridized carbons (Fsp3) is 0.100. The van der Waals surface area contributed by atoms with E-state index in [0.717, 1.165) is 18.2 Å². The predicted octanol–water partition coefficient (Wildman–Crippen LogP) is 1.82. The van der Waals surface area contributed by atoms with Gasteiger partial charge in [-0.05, 0) is 12.1 Å². The highest BCUT2D eigenvalue weighted by molar-refractivity contribution is 5.56. The highest BCUT2D eigenvalue weighted by Gasteiger charge is 2.32. The van der Waals surface area contributed by atoms with Crippen LogP contribution in [0.2, 0.25) is 0 Å². The second-order valence-corrected chi connectivity index (χ2v) is 3.69. The lowest BCUT2D eigenvalue weighted by Gasteiger charge is -2.11. The fourth-order valence-electron chi connectivity index (χ4n) is 1.38. The largest absolute Gasteiger partial charge is 0.573 e. The molecule has 2 rings (SSSR count). The molecule has 0 aliphatic carbocycles. The van der Waals surface area contributed by atoms with Crippen LogP contribution in [0.25, 0.3) is 0 Å². The van der Waals surface area contributed by atoms with Crippen molar-refractivity contribution in [3.63, 3.8) is 0 Å². The Bertz CT molecular complexity index is 642. The lowest BCUT2D eigenvalue weighted by molar-refractivity contribution is -0.275. The summed E-state index contributed by atoms with van der Waals surface area (Å²) in [6.45, 7) is 0. The number of aromatic nitrogens is 3. The number of nitrogens with zero attached hydrogens (tertiary/aromatic N) is 3. The normalized spacial score (nSPS) is 11.2. The zero-order valence-electron chi connectivity index (χ0n) is 10.1. The van der Waals surface area contributed by atoms with Crippen LogP contribution in [0.5, 0.6) is 5.75 Å². The fourth-order valence-corrected chi connectivity index (χ4v) is 1.38. The maximum Gasteiger partial charge on any atom is 0.573 e. The number of alkyl halides is 3. The average molecular weight is 304 g/mol. The van der Waals surface area contributed by atoms with Crippen molar-refractivity contribution >= 4 is 23.5 Å². The van der Waals surface area contributed by atoms with Gasteiger partial charge in [-0.3, -0.25) is 0 Å². The van der Waals surface area contributed by atoms with Crippen LogP contribution in [0.15, 0.2) is 18.2 Å². The molecule has 0 aliphatic heterocycles. The van der Waals surface area contributed by atoms with Crippen LogP contribution in [0.4, 0.5) is 41.1 Å². The molecule has 0 aliphatic rings. The van der Waals surface area contributed by atoms with Gasteiger partial charge in [-0.15, -0.1) is 13.2 Å². The number of hydrogen-bond acceptors (Lipinski definition) is 7. The minimum Gasteiger partial charge on any atom is -0.403 e. The molecule has 11 heteroatoms. The van der Waals surface area contributed by atoms with E-state index in [-0.39, 0.29) is 23.5 Å². The molecule has 2 aromatic rings. The monoisotopic (exact) mass is 304 g/mol. The molecular weight excluding hydrogens is 296 g/mol. The van der Waals surface area contributed by atoms with Gasteiger partial charge < -0.3 is 21.5 Å². The number of nitrogen functional groups attached to an aromatic ring is 2. The van der Waals surface area contributed by atoms with Crippen molar-refractivity contribution in [1.82, 2.24) is 15.0 Å². The molecule has 0 radical (unpaired) electrons. The zero-order chi connectivity index (χ0) is 15.6. The van der Waals surface area contributed by atoms with Crippen molar-refractivity contribution in [2.24, 2.45) is 0 Å². The number of rotatable bonds is 3. The number of anilines is 4. The minimum atomic E-state index is -4.98. The van der Waals surface area contributed by atoms with E-state index in [2.05, 4.69) is 25.0 Å². The summed E-state index contributed by atoms with van der Waals surface area (Å²) >= 11 is 0. The molecule has 0 unspecified atom stereocenters. The van der Waals surface area contributed by atoms with Crippen molar-refractivity contribution < 1.29 is 22.3 Å². The molecule has 1 heterocycles. The maximum absolute atomic E-state index is 13.5. The number of ether oxygens (including phenoxy) is 1. The Morgan fingerprint density at radius 1 is 1.05 bits per heavy atom. The van der Waals surface area contributed by atoms with Gasteiger partial charge in [0.2, 0.25) is 17.8 Å². The third-order valence-electron chi connectivity index (χ3n) is 2.08. The Labute approximate surface area is 115 Å². The van der Waals surface area contributed by atoms with Crippen LogP contribution in [0.1, 0.15) is 0 Å². The van der Waals surface area contributed by atoms with Gasteiger partial charge in [0.25, 0.3) is 0 Å². The zero-order valence-corrected chi connectivity index (χ0v) is 10.1. The SMILES string of the molecule is Nc1nc(N)nc(Nc2ccc(OC(F)(F)F)c(F)c2)n1. The summed E-state index contributed by atoms with van der Waals surface area (Å²) in [5.74, 6) is -2.58. The summed E-state index contributed by atoms with van der Waals surface area (Å²) < 4.78 is 53.0. The highest BCUT2D eigenvalue weighted by Crippen LogP contribution is 2.28. The Hall–Kier alpha value is -2.85. The molecule has 0 fully saturated rings. The Balaban J connectivity index is 2.20. The van der Waals surface area contributed by atoms with Crippen LogP contribution in [0, 0.1) is 5.82 Å². The Morgan fingerprint density at radius 2 is 1.67 bits per heavy atom. The molecule has 5 N–H and O–H groups in total. The van der Waals surface area contributed by atoms with Crippen LogP contribution in [-0.2, 0) is 0 Å². The van der Waals surface area contributed by atoms with Gasteiger partial charge in [-0.25, -0.2) is 4.39 Å². The molecular formula is C10H8F4N6O. The van der Waals surface area contributed by atoms with Gasteiger partial charge in [0, 0.05) is 11.8 Å². The summed E-state index contributed by atoms with van der Waals surface area (Å²) in [4.78, 5) is 10.9. The number of halogens is 4. The van der Waals surface area contributed by atoms with Crippen molar-refractivity contribution in [2.45, 2.75) is 6.36 Å². The minimum absolute atomic E-state index is 0.0759. The molecule has 0 saturated heterocycles. The quantitative estimate of drug-likeness (QED) is 0.741. The van der Waals surface area contributed by atoms with E-state index in [4.69, 9.17) is 11.5 Å². The third kappa shape index (κ3) is 4.06. The topological polar surface area (TPSA) is 112 Å². The molecule has 21 heavy (non-hydrogen) atoms. The van der Waals surface area contributed by atoms with E-state index in [0.29, 0.717) is 0 Å². The van der Waals surface area contributed by atoms with E-state index in [9.17, 15) is 17.6 Å². The summed E-state index contributed by atoms with van der Waals surface area (Å²) in [7, 11) is 0. The van der Waals surface area contributed by atoms with Gasteiger partial charge >= 0.3 is 6.36 Å². The first kappa shape index (κ1) is 14.6. The summed E-state index contributed by atoms with van der Waals surface area (Å²) in [6.07, 6.45) is -4.98. The first-order valence-corrected chi connectivity index (χ1v) is 5.32. The molecule has 7 nitrogen and oxygen atoms in total. The van der Waals surface area contributed by atoms with E-state index >= 15 is 0 Å². The maximum atomic E-state index is 13.5. The van der Waals surface area contributed by atoms with Gasteiger partial charge in [0.15, 0.2) is 11.6 Å². The van der Waals surface area contributed by atoms with Crippen LogP contribution in [-0.4, -0.2) is 21.3 Å². The predicted molar refractivity (Wildman–Crippen MR) is 65.0 cm³/mol. The third-order valence-corrected chi connectivity index (χ3v) is 2.08. The second-order valence-electron chi connectivity index (χ2n) is 3.69. The van der Waals surface area contributed by atoms with E-state index in [1.165, 1.54) is 0 Å². The van der Waals surface area contributed by atoms with Gasteiger partial charge in [0.1, 0.15) is 0 Å². The van der Waals surface area contributed by atoms with Crippen molar-refractivity contribution in [1.29, 1.82) is 0 Å². The van der Waals surface area contributed by atoms with Gasteiger partial charge in [0.05, 0.1) is 0 Å². The Morgan fingerprint density at radius 3 is 2.19 bits per heavy atom. The van der Waals surface area contributed by atoms with E-state index in [1.807, 2.05) is 0 Å². The molecule has 1 aromatic carbocycles. The van der Waals surface area contributed by atoms with Crippen molar-refractivity contribution in [2.75, 3.05) is 16.8 Å². The molecule has 0 saturated carbocycles. The summed E-state index contributed by atoms with van der Waals surface area (Å²) in [5, 5.41) is 2.52. The highest BCUT2D eigenvalue weighted by atomic mass is 19.4. The van der Waals surface area contributed by atoms with Crippen molar-refractivity contribution in [3.05, 3.63) is 24.0 Å². The Kier molecular flexibility index (Phi) is 3.65. The summed E-state index contributed by atoms with van der Waals surface area (Å²) in [5.41, 5.74) is 10.7. The standard InChI is InChI=1S/C10H8F4N6O/c11-5-3-4(1-2-6(5)21-10(12,13)14)17-9-19-7(15)18-8(16)20-9/h1-3H,(H5,15,16,17,18,19,20). The van der Waals surface area contributed by atoms with Crippen molar-refractivity contribution in [3.8, 4) is 5.75 Å². The molecule has 0 bridgehead atoms. The number of hydrogen-bond donors (Lipinski definition) is 3. The number of benzene rings is 1. The second kappa shape index (κ2) is 5.26. The van der Waals surface area contributed by atoms with Crippen LogP contribution < -0.4 is 21.5 Å². The first-order chi connectivity index (χ1) is 9.73. The number of nitrogens with one attached hydrogen (secondary N) is 1. The van der Waals surface area contributed by atoms with E-state index in [1.54, 1.807) is 0 Å². The summed E-state index contributed by atoms with van der Waals surface area (Å²) in [6, 6.07) is 2.72. The van der Waals surface area contributed by atoms with Gasteiger partial charge in [-0.2, -0.15) is 15.0 Å². The van der Waals surface area contributed by atoms with E-state index < -0.39 is 17.9 Å². The molecule has 0 spiro atoms. The lowest BCUT2D eigenvalue weighted by atomic mass is 10.3. The molecule has 0 amide bonds. The van der Waals surface area contributed by atoms with Gasteiger partial charge in [-0.1, -0.05) is 0 Å². The number of nitrogens with two attached hydrogens (primary N) is 2. The first-order valence-electron chi connectivity index (χ1n) is 5.32. The van der Waals surface area contributed by atoms with Crippen LogP contribution in [0.3, 0.4) is 0 Å². The smallest absolute Gasteiger partial charge is 0.403 e. The average Bonchev–Trinajstić information content (AvgIpc) is 2.30. The molecule has 112 valence electrons. The lowest BCUT2D eigenvalue weighted by Crippen LogP contribution is -2.18. The molecule has 0 atom stereocenters. The molecule has 1 aromatic heterocycles.